The quantitative estimate of drug-likeness (QED) is 0.162. The monoisotopic (exact) mass is 750 g/mol. The minimum Gasteiger partial charge on any atom is -0.485 e. The predicted molar refractivity (Wildman–Crippen MR) is 235 cm³/mol. The Morgan fingerprint density at radius 2 is 1.11 bits per heavy atom. The van der Waals surface area contributed by atoms with Gasteiger partial charge in [0.15, 0.2) is 17.5 Å². The number of anilines is 3. The van der Waals surface area contributed by atoms with Crippen LogP contribution in [0.5, 0.6) is 5.75 Å². The fourth-order valence-corrected chi connectivity index (χ4v) is 9.38. The molecule has 6 heteroatoms. The van der Waals surface area contributed by atoms with Gasteiger partial charge < -0.3 is 9.64 Å². The summed E-state index contributed by atoms with van der Waals surface area (Å²) in [6, 6.07) is 59.5. The van der Waals surface area contributed by atoms with Crippen LogP contribution in [0.4, 0.5) is 17.1 Å². The maximum absolute atomic E-state index is 6.69. The third-order valence-corrected chi connectivity index (χ3v) is 12.1. The van der Waals surface area contributed by atoms with Crippen LogP contribution in [-0.4, -0.2) is 21.1 Å². The minimum atomic E-state index is -0.0959. The van der Waals surface area contributed by atoms with Crippen LogP contribution in [0.15, 0.2) is 194 Å². The van der Waals surface area contributed by atoms with E-state index in [-0.39, 0.29) is 12.0 Å². The molecule has 2 unspecified atom stereocenters. The molecule has 1 aliphatic carbocycles. The molecule has 9 aromatic rings. The third-order valence-electron chi connectivity index (χ3n) is 10.9. The summed E-state index contributed by atoms with van der Waals surface area (Å²) in [4.78, 5) is 17.7. The number of hydrogen-bond acceptors (Lipinski definition) is 6. The van der Waals surface area contributed by atoms with E-state index in [2.05, 4.69) is 138 Å². The lowest BCUT2D eigenvalue weighted by molar-refractivity contribution is 0.269. The molecule has 3 heterocycles. The highest BCUT2D eigenvalue weighted by atomic mass is 32.1. The molecule has 0 N–H and O–H groups in total. The van der Waals surface area contributed by atoms with Crippen LogP contribution in [0, 0.1) is 0 Å². The van der Waals surface area contributed by atoms with Crippen LogP contribution in [0.3, 0.4) is 0 Å². The van der Waals surface area contributed by atoms with Gasteiger partial charge in [0, 0.05) is 55.0 Å². The predicted octanol–water partition coefficient (Wildman–Crippen LogP) is 13.3. The van der Waals surface area contributed by atoms with Gasteiger partial charge in [0.05, 0.1) is 10.4 Å². The molecule has 7 aromatic carbocycles. The van der Waals surface area contributed by atoms with Gasteiger partial charge in [-0.1, -0.05) is 140 Å². The normalized spacial score (nSPS) is 15.4. The smallest absolute Gasteiger partial charge is 0.164 e. The summed E-state index contributed by atoms with van der Waals surface area (Å²) >= 11 is 1.84. The van der Waals surface area contributed by atoms with E-state index in [1.165, 1.54) is 20.2 Å². The zero-order chi connectivity index (χ0) is 37.7. The first-order valence-corrected chi connectivity index (χ1v) is 20.0. The molecular weight excluding hydrogens is 717 g/mol. The van der Waals surface area contributed by atoms with E-state index < -0.39 is 0 Å². The highest BCUT2D eigenvalue weighted by Crippen LogP contribution is 2.49. The van der Waals surface area contributed by atoms with Gasteiger partial charge in [-0.2, -0.15) is 0 Å². The second-order valence-electron chi connectivity index (χ2n) is 14.3. The average molecular weight is 751 g/mol. The molecule has 2 aliphatic rings. The van der Waals surface area contributed by atoms with E-state index in [0.717, 1.165) is 56.2 Å². The number of nitrogens with zero attached hydrogens (tertiary/aromatic N) is 4. The Morgan fingerprint density at radius 1 is 0.491 bits per heavy atom. The second kappa shape index (κ2) is 13.9. The first-order chi connectivity index (χ1) is 28.2. The standard InChI is InChI=1S/C51H34N4OS/c1-4-15-34(16-5-1)49-52-50(35-17-6-2-7-18-35)54-51(53-49)42-31-36(32-45-47(42)41-22-10-12-25-44(41)56-45)33-27-29-38(30-28-33)55(37-19-8-3-9-20-37)43-24-14-23-40-39-21-11-13-26-46(39)57-48(40)43/h1-32,41,44H. The Hall–Kier alpha value is -7.15. The van der Waals surface area contributed by atoms with Crippen molar-refractivity contribution in [3.8, 4) is 51.0 Å². The number of hydrogen-bond donors (Lipinski definition) is 0. The van der Waals surface area contributed by atoms with Gasteiger partial charge in [-0.15, -0.1) is 11.3 Å². The largest absolute Gasteiger partial charge is 0.485 e. The first kappa shape index (κ1) is 33.2. The number of allylic oxidation sites excluding steroid dienone is 2. The molecule has 11 rings (SSSR count). The second-order valence-corrected chi connectivity index (χ2v) is 15.4. The van der Waals surface area contributed by atoms with Gasteiger partial charge in [-0.25, -0.2) is 15.0 Å². The number of aromatic nitrogens is 3. The Bertz CT molecular complexity index is 2940. The van der Waals surface area contributed by atoms with Gasteiger partial charge in [0.2, 0.25) is 0 Å². The highest BCUT2D eigenvalue weighted by Gasteiger charge is 2.36. The lowest BCUT2D eigenvalue weighted by Crippen LogP contribution is -2.16. The van der Waals surface area contributed by atoms with Gasteiger partial charge in [-0.3, -0.25) is 0 Å². The number of rotatable bonds is 7. The summed E-state index contributed by atoms with van der Waals surface area (Å²) in [5.74, 6) is 2.78. The van der Waals surface area contributed by atoms with Crippen molar-refractivity contribution in [3.63, 3.8) is 0 Å². The highest BCUT2D eigenvalue weighted by molar-refractivity contribution is 7.26. The van der Waals surface area contributed by atoms with Gasteiger partial charge in [-0.05, 0) is 65.7 Å². The summed E-state index contributed by atoms with van der Waals surface area (Å²) in [6.07, 6.45) is 8.43. The molecule has 270 valence electrons. The van der Waals surface area contributed by atoms with E-state index in [9.17, 15) is 0 Å². The van der Waals surface area contributed by atoms with Crippen molar-refractivity contribution in [1.82, 2.24) is 15.0 Å². The van der Waals surface area contributed by atoms with Gasteiger partial charge in [0.1, 0.15) is 11.9 Å². The number of benzene rings is 7. The van der Waals surface area contributed by atoms with E-state index in [4.69, 9.17) is 19.7 Å². The van der Waals surface area contributed by atoms with E-state index >= 15 is 0 Å². The maximum atomic E-state index is 6.69. The summed E-state index contributed by atoms with van der Waals surface area (Å²) in [5.41, 5.74) is 9.34. The van der Waals surface area contributed by atoms with Crippen LogP contribution in [-0.2, 0) is 0 Å². The molecule has 0 bridgehead atoms. The molecule has 0 radical (unpaired) electrons. The minimum absolute atomic E-state index is 0.0459. The van der Waals surface area contributed by atoms with Crippen LogP contribution < -0.4 is 9.64 Å². The van der Waals surface area contributed by atoms with E-state index in [1.54, 1.807) is 0 Å². The van der Waals surface area contributed by atoms with Crippen molar-refractivity contribution in [1.29, 1.82) is 0 Å². The van der Waals surface area contributed by atoms with Crippen LogP contribution >= 0.6 is 11.3 Å². The number of thiophene rings is 1. The van der Waals surface area contributed by atoms with Gasteiger partial charge >= 0.3 is 0 Å². The summed E-state index contributed by atoms with van der Waals surface area (Å²) < 4.78 is 9.24. The number of ether oxygens (including phenoxy) is 1. The Morgan fingerprint density at radius 3 is 1.84 bits per heavy atom. The fourth-order valence-electron chi connectivity index (χ4n) is 8.17. The van der Waals surface area contributed by atoms with Crippen molar-refractivity contribution in [3.05, 3.63) is 200 Å². The molecule has 0 saturated carbocycles. The molecule has 57 heavy (non-hydrogen) atoms. The van der Waals surface area contributed by atoms with Crippen molar-refractivity contribution in [2.45, 2.75) is 12.0 Å². The average Bonchev–Trinajstić information content (AvgIpc) is 3.86. The first-order valence-electron chi connectivity index (χ1n) is 19.2. The SMILES string of the molecule is C1=CC2Oc3cc(-c4ccc(N(c5ccccc5)c5cccc6c5sc5ccccc56)cc4)cc(-c4nc(-c5ccccc5)nc(-c5ccccc5)n4)c3C2C=C1. The summed E-state index contributed by atoms with van der Waals surface area (Å²) in [7, 11) is 0. The van der Waals surface area contributed by atoms with Crippen molar-refractivity contribution < 1.29 is 4.74 Å². The third kappa shape index (κ3) is 5.90. The summed E-state index contributed by atoms with van der Waals surface area (Å²) in [5, 5.41) is 2.55. The maximum Gasteiger partial charge on any atom is 0.164 e. The zero-order valence-electron chi connectivity index (χ0n) is 30.7. The molecule has 2 aromatic heterocycles. The van der Waals surface area contributed by atoms with Crippen molar-refractivity contribution in [2.75, 3.05) is 4.90 Å². The molecule has 0 saturated heterocycles. The van der Waals surface area contributed by atoms with E-state index in [0.29, 0.717) is 17.5 Å². The van der Waals surface area contributed by atoms with Crippen LogP contribution in [0.2, 0.25) is 0 Å². The van der Waals surface area contributed by atoms with E-state index in [1.807, 2.05) is 72.0 Å². The molecule has 5 nitrogen and oxygen atoms in total. The zero-order valence-corrected chi connectivity index (χ0v) is 31.6. The Balaban J connectivity index is 1.06. The molecule has 1 aliphatic heterocycles. The lowest BCUT2D eigenvalue weighted by Gasteiger charge is -2.26. The molecular formula is C51H34N4OS. The summed E-state index contributed by atoms with van der Waals surface area (Å²) in [6.45, 7) is 0. The molecule has 2 atom stereocenters. The van der Waals surface area contributed by atoms with Crippen LogP contribution in [0.1, 0.15) is 11.5 Å². The molecule has 0 amide bonds. The number of fused-ring (bicyclic) bond motifs is 6. The lowest BCUT2D eigenvalue weighted by atomic mass is 9.87. The molecule has 0 spiro atoms. The van der Waals surface area contributed by atoms with Crippen LogP contribution in [0.25, 0.3) is 65.5 Å². The van der Waals surface area contributed by atoms with Gasteiger partial charge in [0.25, 0.3) is 0 Å². The topological polar surface area (TPSA) is 51.1 Å². The Kier molecular flexibility index (Phi) is 8.07. The Labute approximate surface area is 334 Å². The van der Waals surface area contributed by atoms with Crippen molar-refractivity contribution in [2.24, 2.45) is 0 Å². The fraction of sp³-hybridized carbons (Fsp3) is 0.0392. The van der Waals surface area contributed by atoms with Crippen molar-refractivity contribution >= 4 is 48.6 Å². The number of para-hydroxylation sites is 1. The molecule has 0 fully saturated rings.